The smallest absolute Gasteiger partial charge is 0.244 e. The van der Waals surface area contributed by atoms with Crippen LogP contribution in [0, 0.1) is 0 Å². The van der Waals surface area contributed by atoms with Gasteiger partial charge in [0.1, 0.15) is 11.5 Å². The Morgan fingerprint density at radius 2 is 2.00 bits per heavy atom. The molecule has 1 aliphatic rings. The van der Waals surface area contributed by atoms with Crippen molar-refractivity contribution in [1.29, 1.82) is 0 Å². The average molecular weight is 370 g/mol. The number of hydrogen-bond acceptors (Lipinski definition) is 5. The van der Waals surface area contributed by atoms with Crippen LogP contribution in [-0.2, 0) is 9.53 Å². The summed E-state index contributed by atoms with van der Waals surface area (Å²) in [5, 5.41) is 3.01. The Hall–Kier alpha value is -2.57. The van der Waals surface area contributed by atoms with E-state index in [1.54, 1.807) is 19.4 Å². The maximum atomic E-state index is 12.4. The summed E-state index contributed by atoms with van der Waals surface area (Å²) in [5.74, 6) is 1.53. The highest BCUT2D eigenvalue weighted by molar-refractivity contribution is 5.94. The van der Waals surface area contributed by atoms with Gasteiger partial charge in [-0.3, -0.25) is 9.69 Å². The van der Waals surface area contributed by atoms with Crippen molar-refractivity contribution in [3.8, 4) is 5.75 Å². The number of carbonyl (C=O) groups is 1. The van der Waals surface area contributed by atoms with Gasteiger partial charge >= 0.3 is 0 Å². The summed E-state index contributed by atoms with van der Waals surface area (Å²) < 4.78 is 16.2. The molecule has 2 heterocycles. The fourth-order valence-corrected chi connectivity index (χ4v) is 3.16. The molecule has 0 aliphatic carbocycles. The lowest BCUT2D eigenvalue weighted by atomic mass is 10.1. The van der Waals surface area contributed by atoms with E-state index in [1.807, 2.05) is 43.3 Å². The van der Waals surface area contributed by atoms with Crippen LogP contribution < -0.4 is 10.1 Å². The summed E-state index contributed by atoms with van der Waals surface area (Å²) in [7, 11) is 1.63. The number of hydrogen-bond donors (Lipinski definition) is 1. The molecule has 1 unspecified atom stereocenters. The number of methoxy groups -OCH3 is 1. The molecule has 0 radical (unpaired) electrons. The number of furan rings is 1. The molecule has 0 spiro atoms. The molecule has 1 N–H and O–H groups in total. The van der Waals surface area contributed by atoms with E-state index < -0.39 is 0 Å². The normalized spacial score (nSPS) is 16.7. The highest BCUT2D eigenvalue weighted by Gasteiger charge is 2.25. The van der Waals surface area contributed by atoms with Gasteiger partial charge in [0.05, 0.1) is 32.6 Å². The van der Waals surface area contributed by atoms with Gasteiger partial charge < -0.3 is 19.2 Å². The third kappa shape index (κ3) is 5.21. The molecule has 6 heteroatoms. The average Bonchev–Trinajstić information content (AvgIpc) is 3.23. The van der Waals surface area contributed by atoms with Crippen molar-refractivity contribution in [2.24, 2.45) is 0 Å². The number of allylic oxidation sites excluding steroid dienone is 1. The zero-order valence-electron chi connectivity index (χ0n) is 15.8. The van der Waals surface area contributed by atoms with Crippen LogP contribution in [0.5, 0.6) is 5.75 Å². The van der Waals surface area contributed by atoms with Gasteiger partial charge in [0.25, 0.3) is 0 Å². The largest absolute Gasteiger partial charge is 0.497 e. The molecule has 1 atom stereocenters. The van der Waals surface area contributed by atoms with Gasteiger partial charge in [0.15, 0.2) is 0 Å². The second-order valence-corrected chi connectivity index (χ2v) is 6.48. The molecule has 1 saturated heterocycles. The monoisotopic (exact) mass is 370 g/mol. The summed E-state index contributed by atoms with van der Waals surface area (Å²) in [5.41, 5.74) is 1.89. The van der Waals surface area contributed by atoms with E-state index in [0.717, 1.165) is 35.7 Å². The first-order chi connectivity index (χ1) is 13.2. The molecule has 3 rings (SSSR count). The van der Waals surface area contributed by atoms with Crippen LogP contribution >= 0.6 is 0 Å². The van der Waals surface area contributed by atoms with Gasteiger partial charge in [-0.25, -0.2) is 0 Å². The second kappa shape index (κ2) is 9.39. The molecular weight excluding hydrogens is 344 g/mol. The molecule has 2 aromatic rings. The third-order valence-corrected chi connectivity index (χ3v) is 4.72. The predicted octanol–water partition coefficient (Wildman–Crippen LogP) is 2.88. The third-order valence-electron chi connectivity index (χ3n) is 4.72. The summed E-state index contributed by atoms with van der Waals surface area (Å²) in [6, 6.07) is 11.5. The first kappa shape index (κ1) is 19.2. The topological polar surface area (TPSA) is 63.9 Å². The highest BCUT2D eigenvalue weighted by Crippen LogP contribution is 2.22. The summed E-state index contributed by atoms with van der Waals surface area (Å²) in [4.78, 5) is 14.7. The van der Waals surface area contributed by atoms with Crippen molar-refractivity contribution in [1.82, 2.24) is 10.2 Å². The minimum absolute atomic E-state index is 0.00235. The number of nitrogens with one attached hydrogen (secondary N) is 1. The van der Waals surface area contributed by atoms with Crippen molar-refractivity contribution < 1.29 is 18.7 Å². The van der Waals surface area contributed by atoms with Crippen molar-refractivity contribution in [3.63, 3.8) is 0 Å². The van der Waals surface area contributed by atoms with Crippen LogP contribution in [0.4, 0.5) is 0 Å². The standard InChI is InChI=1S/C21H26N2O4/c1-16(17-5-7-18(25-2)8-6-17)14-21(24)22-15-19(20-4-3-11-27-20)23-9-12-26-13-10-23/h3-8,11,14,19H,9-10,12-13,15H2,1-2H3,(H,22,24)/b16-14+. The molecular formula is C21H26N2O4. The lowest BCUT2D eigenvalue weighted by molar-refractivity contribution is -0.116. The van der Waals surface area contributed by atoms with Crippen LogP contribution in [0.15, 0.2) is 53.2 Å². The van der Waals surface area contributed by atoms with Crippen LogP contribution in [0.1, 0.15) is 24.3 Å². The molecule has 0 saturated carbocycles. The van der Waals surface area contributed by atoms with Crippen molar-refractivity contribution in [2.45, 2.75) is 13.0 Å². The highest BCUT2D eigenvalue weighted by atomic mass is 16.5. The molecule has 1 fully saturated rings. The van der Waals surface area contributed by atoms with E-state index in [0.29, 0.717) is 19.8 Å². The molecule has 1 aliphatic heterocycles. The first-order valence-electron chi connectivity index (χ1n) is 9.13. The van der Waals surface area contributed by atoms with Crippen LogP contribution in [0.25, 0.3) is 5.57 Å². The Kier molecular flexibility index (Phi) is 6.68. The molecule has 1 aromatic heterocycles. The number of nitrogens with zero attached hydrogens (tertiary/aromatic N) is 1. The van der Waals surface area contributed by atoms with Gasteiger partial charge in [-0.15, -0.1) is 0 Å². The van der Waals surface area contributed by atoms with E-state index in [-0.39, 0.29) is 11.9 Å². The number of amides is 1. The van der Waals surface area contributed by atoms with Crippen LogP contribution in [0.3, 0.4) is 0 Å². The van der Waals surface area contributed by atoms with E-state index in [2.05, 4.69) is 10.2 Å². The lowest BCUT2D eigenvalue weighted by Gasteiger charge is -2.33. The zero-order chi connectivity index (χ0) is 19.1. The Labute approximate surface area is 159 Å². The molecule has 27 heavy (non-hydrogen) atoms. The molecule has 144 valence electrons. The minimum atomic E-state index is -0.117. The Bertz CT molecular complexity index is 747. The number of carbonyl (C=O) groups excluding carboxylic acids is 1. The fraction of sp³-hybridized carbons (Fsp3) is 0.381. The second-order valence-electron chi connectivity index (χ2n) is 6.48. The minimum Gasteiger partial charge on any atom is -0.497 e. The van der Waals surface area contributed by atoms with E-state index in [1.165, 1.54) is 0 Å². The van der Waals surface area contributed by atoms with E-state index in [4.69, 9.17) is 13.9 Å². The van der Waals surface area contributed by atoms with Gasteiger partial charge in [-0.2, -0.15) is 0 Å². The zero-order valence-corrected chi connectivity index (χ0v) is 15.8. The molecule has 6 nitrogen and oxygen atoms in total. The summed E-state index contributed by atoms with van der Waals surface area (Å²) in [6.07, 6.45) is 3.29. The van der Waals surface area contributed by atoms with Gasteiger partial charge in [-0.05, 0) is 42.3 Å². The quantitative estimate of drug-likeness (QED) is 0.760. The van der Waals surface area contributed by atoms with Crippen LogP contribution in [0.2, 0.25) is 0 Å². The van der Waals surface area contributed by atoms with Crippen molar-refractivity contribution in [2.75, 3.05) is 40.0 Å². The van der Waals surface area contributed by atoms with Crippen molar-refractivity contribution >= 4 is 11.5 Å². The maximum absolute atomic E-state index is 12.4. The van der Waals surface area contributed by atoms with E-state index >= 15 is 0 Å². The van der Waals surface area contributed by atoms with Gasteiger partial charge in [-0.1, -0.05) is 12.1 Å². The Morgan fingerprint density at radius 3 is 2.63 bits per heavy atom. The Balaban J connectivity index is 1.62. The number of rotatable bonds is 7. The first-order valence-corrected chi connectivity index (χ1v) is 9.13. The summed E-state index contributed by atoms with van der Waals surface area (Å²) >= 11 is 0. The molecule has 1 amide bonds. The Morgan fingerprint density at radius 1 is 1.26 bits per heavy atom. The van der Waals surface area contributed by atoms with E-state index in [9.17, 15) is 4.79 Å². The van der Waals surface area contributed by atoms with Gasteiger partial charge in [0.2, 0.25) is 5.91 Å². The maximum Gasteiger partial charge on any atom is 0.244 e. The molecule has 0 bridgehead atoms. The number of morpholine rings is 1. The van der Waals surface area contributed by atoms with Crippen molar-refractivity contribution in [3.05, 3.63) is 60.1 Å². The SMILES string of the molecule is COc1ccc(/C(C)=C/C(=O)NCC(c2ccco2)N2CCOCC2)cc1. The number of ether oxygens (including phenoxy) is 2. The lowest BCUT2D eigenvalue weighted by Crippen LogP contribution is -2.43. The van der Waals surface area contributed by atoms with Crippen LogP contribution in [-0.4, -0.2) is 50.8 Å². The number of benzene rings is 1. The van der Waals surface area contributed by atoms with Gasteiger partial charge in [0, 0.05) is 25.7 Å². The predicted molar refractivity (Wildman–Crippen MR) is 103 cm³/mol. The fourth-order valence-electron chi connectivity index (χ4n) is 3.16. The molecule has 1 aromatic carbocycles. The summed E-state index contributed by atoms with van der Waals surface area (Å²) in [6.45, 7) is 5.44.